The second kappa shape index (κ2) is 4.33. The summed E-state index contributed by atoms with van der Waals surface area (Å²) in [6, 6.07) is 0.301. The first-order valence-corrected chi connectivity index (χ1v) is 6.29. The molecule has 1 saturated carbocycles. The van der Waals surface area contributed by atoms with Crippen LogP contribution in [0.1, 0.15) is 35.8 Å². The van der Waals surface area contributed by atoms with Crippen LogP contribution in [0.3, 0.4) is 0 Å². The van der Waals surface area contributed by atoms with Crippen LogP contribution in [0.25, 0.3) is 0 Å². The number of aromatic nitrogens is 3. The fourth-order valence-electron chi connectivity index (χ4n) is 2.12. The number of carbonyl (C=O) groups excluding carboxylic acids is 1. The first-order valence-electron chi connectivity index (χ1n) is 6.29. The SMILES string of the molecule is O=C(NCC1(O)CCC1)c1cn(C2CNC2)nn1. The summed E-state index contributed by atoms with van der Waals surface area (Å²) in [5.41, 5.74) is -0.395. The lowest BCUT2D eigenvalue weighted by Crippen LogP contribution is -2.47. The van der Waals surface area contributed by atoms with Gasteiger partial charge in [0, 0.05) is 19.6 Å². The zero-order chi connectivity index (χ0) is 12.6. The van der Waals surface area contributed by atoms with Crippen LogP contribution in [0, 0.1) is 0 Å². The Morgan fingerprint density at radius 1 is 1.61 bits per heavy atom. The van der Waals surface area contributed by atoms with Crippen molar-refractivity contribution in [1.82, 2.24) is 25.6 Å². The maximum Gasteiger partial charge on any atom is 0.273 e. The van der Waals surface area contributed by atoms with Crippen LogP contribution in [0.2, 0.25) is 0 Å². The molecule has 3 rings (SSSR count). The summed E-state index contributed by atoms with van der Waals surface area (Å²) in [5.74, 6) is -0.270. The molecule has 2 fully saturated rings. The zero-order valence-corrected chi connectivity index (χ0v) is 10.1. The number of hydrogen-bond donors (Lipinski definition) is 3. The molecule has 0 spiro atoms. The summed E-state index contributed by atoms with van der Waals surface area (Å²) >= 11 is 0. The molecule has 18 heavy (non-hydrogen) atoms. The summed E-state index contributed by atoms with van der Waals surface area (Å²) in [6.07, 6.45) is 4.20. The van der Waals surface area contributed by atoms with Crippen LogP contribution in [-0.2, 0) is 0 Å². The number of nitrogens with zero attached hydrogens (tertiary/aromatic N) is 3. The van der Waals surface area contributed by atoms with Gasteiger partial charge in [-0.15, -0.1) is 5.10 Å². The molecule has 1 aliphatic carbocycles. The van der Waals surface area contributed by atoms with Crippen LogP contribution < -0.4 is 10.6 Å². The minimum Gasteiger partial charge on any atom is -0.388 e. The quantitative estimate of drug-likeness (QED) is 0.643. The predicted octanol–water partition coefficient (Wildman–Crippen LogP) is -0.933. The van der Waals surface area contributed by atoms with Crippen molar-refractivity contribution >= 4 is 5.91 Å². The number of carbonyl (C=O) groups is 1. The van der Waals surface area contributed by atoms with E-state index < -0.39 is 5.60 Å². The van der Waals surface area contributed by atoms with Gasteiger partial charge in [-0.2, -0.15) is 0 Å². The van der Waals surface area contributed by atoms with Crippen LogP contribution in [-0.4, -0.2) is 51.2 Å². The van der Waals surface area contributed by atoms with Crippen LogP contribution in [0.5, 0.6) is 0 Å². The van der Waals surface area contributed by atoms with Gasteiger partial charge in [0.15, 0.2) is 5.69 Å². The van der Waals surface area contributed by atoms with E-state index in [0.29, 0.717) is 18.3 Å². The monoisotopic (exact) mass is 251 g/mol. The molecule has 1 aromatic heterocycles. The molecule has 0 radical (unpaired) electrons. The van der Waals surface area contributed by atoms with Gasteiger partial charge in [-0.1, -0.05) is 5.21 Å². The second-order valence-electron chi connectivity index (χ2n) is 5.16. The molecule has 0 atom stereocenters. The van der Waals surface area contributed by atoms with Gasteiger partial charge in [-0.25, -0.2) is 4.68 Å². The maximum atomic E-state index is 11.8. The van der Waals surface area contributed by atoms with E-state index in [2.05, 4.69) is 20.9 Å². The number of nitrogens with one attached hydrogen (secondary N) is 2. The largest absolute Gasteiger partial charge is 0.388 e. The minimum absolute atomic E-state index is 0.270. The van der Waals surface area contributed by atoms with Crippen molar-refractivity contribution in [2.24, 2.45) is 0 Å². The third-order valence-corrected chi connectivity index (χ3v) is 3.74. The molecule has 2 heterocycles. The van der Waals surface area contributed by atoms with E-state index in [1.54, 1.807) is 10.9 Å². The van der Waals surface area contributed by atoms with E-state index in [4.69, 9.17) is 0 Å². The molecule has 1 aromatic rings. The van der Waals surface area contributed by atoms with E-state index in [-0.39, 0.29) is 5.91 Å². The van der Waals surface area contributed by atoms with Gasteiger partial charge in [0.05, 0.1) is 17.8 Å². The normalized spacial score (nSPS) is 22.1. The third kappa shape index (κ3) is 2.11. The Balaban J connectivity index is 1.56. The number of amides is 1. The van der Waals surface area contributed by atoms with Crippen molar-refractivity contribution in [3.05, 3.63) is 11.9 Å². The average Bonchev–Trinajstić information content (AvgIpc) is 2.70. The van der Waals surface area contributed by atoms with Gasteiger partial charge in [0.1, 0.15) is 0 Å². The fraction of sp³-hybridized carbons (Fsp3) is 0.727. The predicted molar refractivity (Wildman–Crippen MR) is 63.1 cm³/mol. The third-order valence-electron chi connectivity index (χ3n) is 3.74. The summed E-state index contributed by atoms with van der Waals surface area (Å²) < 4.78 is 1.71. The second-order valence-corrected chi connectivity index (χ2v) is 5.16. The molecule has 1 amide bonds. The van der Waals surface area contributed by atoms with Crippen LogP contribution >= 0.6 is 0 Å². The Labute approximate surface area is 105 Å². The lowest BCUT2D eigenvalue weighted by Gasteiger charge is -2.36. The molecule has 2 aliphatic rings. The summed E-state index contributed by atoms with van der Waals surface area (Å²) in [4.78, 5) is 11.8. The van der Waals surface area contributed by atoms with Gasteiger partial charge >= 0.3 is 0 Å². The summed E-state index contributed by atoms with van der Waals surface area (Å²) in [6.45, 7) is 2.03. The van der Waals surface area contributed by atoms with Crippen molar-refractivity contribution in [2.45, 2.75) is 30.9 Å². The standard InChI is InChI=1S/C11H17N5O2/c17-10(13-7-11(18)2-1-3-11)9-6-16(15-14-9)8-4-12-5-8/h6,8,12,18H,1-5,7H2,(H,13,17). The Morgan fingerprint density at radius 3 is 2.94 bits per heavy atom. The molecule has 7 nitrogen and oxygen atoms in total. The highest BCUT2D eigenvalue weighted by molar-refractivity contribution is 5.91. The molecule has 0 aromatic carbocycles. The molecule has 1 saturated heterocycles. The van der Waals surface area contributed by atoms with Crippen molar-refractivity contribution in [3.8, 4) is 0 Å². The molecule has 7 heteroatoms. The lowest BCUT2D eigenvalue weighted by atomic mass is 9.80. The van der Waals surface area contributed by atoms with Gasteiger partial charge in [0.2, 0.25) is 0 Å². The van der Waals surface area contributed by atoms with E-state index in [0.717, 1.165) is 32.4 Å². The smallest absolute Gasteiger partial charge is 0.273 e. The number of hydrogen-bond acceptors (Lipinski definition) is 5. The molecule has 0 bridgehead atoms. The summed E-state index contributed by atoms with van der Waals surface area (Å²) in [7, 11) is 0. The van der Waals surface area contributed by atoms with Gasteiger partial charge in [-0.05, 0) is 19.3 Å². The zero-order valence-electron chi connectivity index (χ0n) is 10.1. The average molecular weight is 251 g/mol. The Bertz CT molecular complexity index is 450. The maximum absolute atomic E-state index is 11.8. The topological polar surface area (TPSA) is 92.1 Å². The molecule has 98 valence electrons. The summed E-state index contributed by atoms with van der Waals surface area (Å²) in [5, 5.41) is 23.5. The Kier molecular flexibility index (Phi) is 2.79. The Morgan fingerprint density at radius 2 is 2.39 bits per heavy atom. The fourth-order valence-corrected chi connectivity index (χ4v) is 2.12. The van der Waals surface area contributed by atoms with E-state index >= 15 is 0 Å². The van der Waals surface area contributed by atoms with Crippen molar-refractivity contribution in [1.29, 1.82) is 0 Å². The van der Waals surface area contributed by atoms with E-state index in [9.17, 15) is 9.90 Å². The first kappa shape index (κ1) is 11.6. The molecule has 0 unspecified atom stereocenters. The highest BCUT2D eigenvalue weighted by Gasteiger charge is 2.34. The van der Waals surface area contributed by atoms with E-state index in [1.807, 2.05) is 0 Å². The Hall–Kier alpha value is -1.47. The van der Waals surface area contributed by atoms with Crippen LogP contribution in [0.15, 0.2) is 6.20 Å². The number of rotatable bonds is 4. The molecule has 3 N–H and O–H groups in total. The number of aliphatic hydroxyl groups is 1. The van der Waals surface area contributed by atoms with E-state index in [1.165, 1.54) is 0 Å². The first-order chi connectivity index (χ1) is 8.66. The van der Waals surface area contributed by atoms with Gasteiger partial charge < -0.3 is 15.7 Å². The van der Waals surface area contributed by atoms with Gasteiger partial charge in [-0.3, -0.25) is 4.79 Å². The molecular formula is C11H17N5O2. The van der Waals surface area contributed by atoms with Crippen LogP contribution in [0.4, 0.5) is 0 Å². The van der Waals surface area contributed by atoms with Gasteiger partial charge in [0.25, 0.3) is 5.91 Å². The highest BCUT2D eigenvalue weighted by Crippen LogP contribution is 2.30. The highest BCUT2D eigenvalue weighted by atomic mass is 16.3. The molecule has 1 aliphatic heterocycles. The van der Waals surface area contributed by atoms with Crippen molar-refractivity contribution in [3.63, 3.8) is 0 Å². The lowest BCUT2D eigenvalue weighted by molar-refractivity contribution is -0.0300. The van der Waals surface area contributed by atoms with Crippen molar-refractivity contribution in [2.75, 3.05) is 19.6 Å². The van der Waals surface area contributed by atoms with Crippen molar-refractivity contribution < 1.29 is 9.90 Å². The molecular weight excluding hydrogens is 234 g/mol. The minimum atomic E-state index is -0.705.